The van der Waals surface area contributed by atoms with Crippen molar-refractivity contribution in [3.63, 3.8) is 0 Å². The number of likely N-dealkylation sites (N-methyl/N-ethyl adjacent to an activating group) is 1. The zero-order valence-corrected chi connectivity index (χ0v) is 13.5. The molecule has 1 N–H and O–H groups in total. The normalized spacial score (nSPS) is 13.4. The SMILES string of the molecule is CN(CCOc1ccccc1F)C(=O)c1ccnc(NC2CC2)c1. The van der Waals surface area contributed by atoms with Gasteiger partial charge in [0, 0.05) is 24.8 Å². The third-order valence-electron chi connectivity index (χ3n) is 3.80. The van der Waals surface area contributed by atoms with Gasteiger partial charge in [0.2, 0.25) is 0 Å². The lowest BCUT2D eigenvalue weighted by molar-refractivity contribution is 0.0773. The van der Waals surface area contributed by atoms with E-state index in [9.17, 15) is 9.18 Å². The Hall–Kier alpha value is -2.63. The molecule has 5 nitrogen and oxygen atoms in total. The van der Waals surface area contributed by atoms with Crippen LogP contribution in [0.15, 0.2) is 42.6 Å². The van der Waals surface area contributed by atoms with E-state index in [2.05, 4.69) is 10.3 Å². The Bertz CT molecular complexity index is 719. The van der Waals surface area contributed by atoms with Gasteiger partial charge in [0.15, 0.2) is 11.6 Å². The van der Waals surface area contributed by atoms with Gasteiger partial charge in [-0.1, -0.05) is 12.1 Å². The van der Waals surface area contributed by atoms with Crippen LogP contribution in [0.5, 0.6) is 5.75 Å². The molecule has 1 aromatic heterocycles. The molecule has 1 aliphatic carbocycles. The highest BCUT2D eigenvalue weighted by molar-refractivity contribution is 5.94. The van der Waals surface area contributed by atoms with Gasteiger partial charge in [-0.15, -0.1) is 0 Å². The number of aromatic nitrogens is 1. The van der Waals surface area contributed by atoms with Crippen LogP contribution in [0.4, 0.5) is 10.2 Å². The summed E-state index contributed by atoms with van der Waals surface area (Å²) < 4.78 is 18.9. The number of carbonyl (C=O) groups is 1. The lowest BCUT2D eigenvalue weighted by Crippen LogP contribution is -2.31. The molecule has 1 aliphatic rings. The minimum Gasteiger partial charge on any atom is -0.489 e. The van der Waals surface area contributed by atoms with Crippen molar-refractivity contribution < 1.29 is 13.9 Å². The van der Waals surface area contributed by atoms with Crippen LogP contribution < -0.4 is 10.1 Å². The molecule has 0 spiro atoms. The maximum Gasteiger partial charge on any atom is 0.253 e. The van der Waals surface area contributed by atoms with Crippen LogP contribution in [0.25, 0.3) is 0 Å². The van der Waals surface area contributed by atoms with Gasteiger partial charge in [0.05, 0.1) is 6.54 Å². The summed E-state index contributed by atoms with van der Waals surface area (Å²) in [5.41, 5.74) is 0.571. The molecule has 24 heavy (non-hydrogen) atoms. The van der Waals surface area contributed by atoms with E-state index in [-0.39, 0.29) is 18.3 Å². The first-order chi connectivity index (χ1) is 11.6. The summed E-state index contributed by atoms with van der Waals surface area (Å²) in [5.74, 6) is 0.391. The minimum absolute atomic E-state index is 0.117. The number of hydrogen-bond acceptors (Lipinski definition) is 4. The highest BCUT2D eigenvalue weighted by atomic mass is 19.1. The Morgan fingerprint density at radius 2 is 2.17 bits per heavy atom. The van der Waals surface area contributed by atoms with Gasteiger partial charge in [0.25, 0.3) is 5.91 Å². The maximum absolute atomic E-state index is 13.5. The third kappa shape index (κ3) is 4.22. The molecule has 0 unspecified atom stereocenters. The summed E-state index contributed by atoms with van der Waals surface area (Å²) in [5, 5.41) is 3.27. The average Bonchev–Trinajstić information content (AvgIpc) is 3.40. The lowest BCUT2D eigenvalue weighted by Gasteiger charge is -2.18. The number of benzene rings is 1. The number of amides is 1. The predicted molar refractivity (Wildman–Crippen MR) is 89.7 cm³/mol. The molecule has 1 fully saturated rings. The molecule has 0 bridgehead atoms. The Morgan fingerprint density at radius 3 is 2.92 bits per heavy atom. The molecule has 0 radical (unpaired) electrons. The van der Waals surface area contributed by atoms with E-state index in [0.717, 1.165) is 18.7 Å². The molecule has 3 rings (SSSR count). The first kappa shape index (κ1) is 16.2. The van der Waals surface area contributed by atoms with E-state index in [1.807, 2.05) is 0 Å². The van der Waals surface area contributed by atoms with Gasteiger partial charge >= 0.3 is 0 Å². The average molecular weight is 329 g/mol. The van der Waals surface area contributed by atoms with E-state index in [4.69, 9.17) is 4.74 Å². The van der Waals surface area contributed by atoms with Crippen LogP contribution in [-0.2, 0) is 0 Å². The molecule has 126 valence electrons. The van der Waals surface area contributed by atoms with E-state index >= 15 is 0 Å². The number of halogens is 1. The molecular formula is C18H20FN3O2. The van der Waals surface area contributed by atoms with Crippen molar-refractivity contribution in [1.82, 2.24) is 9.88 Å². The summed E-state index contributed by atoms with van der Waals surface area (Å²) in [6.45, 7) is 0.586. The Morgan fingerprint density at radius 1 is 1.38 bits per heavy atom. The van der Waals surface area contributed by atoms with Crippen LogP contribution in [0.1, 0.15) is 23.2 Å². The van der Waals surface area contributed by atoms with E-state index < -0.39 is 5.82 Å². The number of nitrogens with one attached hydrogen (secondary N) is 1. The first-order valence-corrected chi connectivity index (χ1v) is 7.99. The zero-order valence-electron chi connectivity index (χ0n) is 13.5. The molecule has 1 heterocycles. The highest BCUT2D eigenvalue weighted by Crippen LogP contribution is 2.24. The van der Waals surface area contributed by atoms with Crippen LogP contribution >= 0.6 is 0 Å². The molecule has 0 atom stereocenters. The second-order valence-electron chi connectivity index (χ2n) is 5.85. The second-order valence-corrected chi connectivity index (χ2v) is 5.85. The van der Waals surface area contributed by atoms with Gasteiger partial charge in [-0.3, -0.25) is 4.79 Å². The van der Waals surface area contributed by atoms with E-state index in [1.165, 1.54) is 6.07 Å². The van der Waals surface area contributed by atoms with Crippen molar-refractivity contribution >= 4 is 11.7 Å². The number of carbonyl (C=O) groups excluding carboxylic acids is 1. The smallest absolute Gasteiger partial charge is 0.253 e. The Balaban J connectivity index is 1.53. The van der Waals surface area contributed by atoms with Gasteiger partial charge in [0.1, 0.15) is 12.4 Å². The first-order valence-electron chi connectivity index (χ1n) is 7.99. The number of rotatable bonds is 7. The Labute approximate surface area is 140 Å². The number of para-hydroxylation sites is 1. The molecule has 1 amide bonds. The maximum atomic E-state index is 13.5. The van der Waals surface area contributed by atoms with Crippen LogP contribution in [0.3, 0.4) is 0 Å². The molecule has 0 aliphatic heterocycles. The quantitative estimate of drug-likeness (QED) is 0.848. The minimum atomic E-state index is -0.406. The van der Waals surface area contributed by atoms with Crippen LogP contribution in [-0.4, -0.2) is 42.0 Å². The monoisotopic (exact) mass is 329 g/mol. The fraction of sp³-hybridized carbons (Fsp3) is 0.333. The number of pyridine rings is 1. The summed E-state index contributed by atoms with van der Waals surface area (Å²) in [4.78, 5) is 18.2. The highest BCUT2D eigenvalue weighted by Gasteiger charge is 2.22. The standard InChI is InChI=1S/C18H20FN3O2/c1-22(10-11-24-16-5-3-2-4-15(16)19)18(23)13-8-9-20-17(12-13)21-14-6-7-14/h2-5,8-9,12,14H,6-7,10-11H2,1H3,(H,20,21). The molecule has 1 saturated carbocycles. The fourth-order valence-electron chi connectivity index (χ4n) is 2.26. The zero-order chi connectivity index (χ0) is 16.9. The summed E-state index contributed by atoms with van der Waals surface area (Å²) in [7, 11) is 1.70. The van der Waals surface area contributed by atoms with Crippen molar-refractivity contribution in [1.29, 1.82) is 0 Å². The number of hydrogen-bond donors (Lipinski definition) is 1. The van der Waals surface area contributed by atoms with E-state index in [1.54, 1.807) is 48.5 Å². The van der Waals surface area contributed by atoms with Crippen molar-refractivity contribution in [2.45, 2.75) is 18.9 Å². The van der Waals surface area contributed by atoms with Gasteiger partial charge in [-0.05, 0) is 37.1 Å². The van der Waals surface area contributed by atoms with Crippen molar-refractivity contribution in [2.75, 3.05) is 25.5 Å². The summed E-state index contributed by atoms with van der Waals surface area (Å²) >= 11 is 0. The van der Waals surface area contributed by atoms with Crippen molar-refractivity contribution in [2.24, 2.45) is 0 Å². The number of ether oxygens (including phenoxy) is 1. The molecule has 6 heteroatoms. The largest absolute Gasteiger partial charge is 0.489 e. The number of nitrogens with zero attached hydrogens (tertiary/aromatic N) is 2. The predicted octanol–water partition coefficient (Wildman–Crippen LogP) is 2.95. The summed E-state index contributed by atoms with van der Waals surface area (Å²) in [6, 6.07) is 10.2. The molecule has 1 aromatic carbocycles. The third-order valence-corrected chi connectivity index (χ3v) is 3.80. The molecule has 2 aromatic rings. The lowest BCUT2D eigenvalue weighted by atomic mass is 10.2. The fourth-order valence-corrected chi connectivity index (χ4v) is 2.26. The van der Waals surface area contributed by atoms with Gasteiger partial charge < -0.3 is 15.0 Å². The van der Waals surface area contributed by atoms with E-state index in [0.29, 0.717) is 18.2 Å². The molecule has 0 saturated heterocycles. The van der Waals surface area contributed by atoms with Crippen molar-refractivity contribution in [3.8, 4) is 5.75 Å². The van der Waals surface area contributed by atoms with Crippen LogP contribution in [0.2, 0.25) is 0 Å². The van der Waals surface area contributed by atoms with Gasteiger partial charge in [-0.25, -0.2) is 9.37 Å². The molecular weight excluding hydrogens is 309 g/mol. The topological polar surface area (TPSA) is 54.5 Å². The number of anilines is 1. The summed E-state index contributed by atoms with van der Waals surface area (Å²) in [6.07, 6.45) is 3.92. The van der Waals surface area contributed by atoms with Crippen LogP contribution in [0, 0.1) is 5.82 Å². The van der Waals surface area contributed by atoms with Gasteiger partial charge in [-0.2, -0.15) is 0 Å². The second kappa shape index (κ2) is 7.29. The van der Waals surface area contributed by atoms with Crippen molar-refractivity contribution in [3.05, 3.63) is 54.0 Å². The Kier molecular flexibility index (Phi) is 4.93.